The number of thioether (sulfide) groups is 1. The molecule has 5 fully saturated rings. The summed E-state index contributed by atoms with van der Waals surface area (Å²) < 4.78 is 38.8. The van der Waals surface area contributed by atoms with E-state index in [1.165, 1.54) is 18.2 Å². The van der Waals surface area contributed by atoms with Crippen LogP contribution in [0.2, 0.25) is 0 Å². The smallest absolute Gasteiger partial charge is 0.319 e. The standard InChI is InChI=1S/C33H37F2NO5S/c1-30-10-8-21(37)13-24(30)25(34)14-23-22-12-20-17-36(16-19-6-4-3-5-7-19)18-32(20,29(40)42-26-9-11-41-28(26)39)31(22,2)15-27(38)33(23,30)35/h3-8,10,13,20,22-23,25-27,38H,9,11-12,14-18H2,1-2H3. The highest BCUT2D eigenvalue weighted by atomic mass is 32.2. The van der Waals surface area contributed by atoms with Crippen LogP contribution in [0.1, 0.15) is 45.1 Å². The van der Waals surface area contributed by atoms with Gasteiger partial charge in [0.2, 0.25) is 0 Å². The van der Waals surface area contributed by atoms with Crippen molar-refractivity contribution >= 4 is 28.6 Å². The van der Waals surface area contributed by atoms with Gasteiger partial charge in [0.05, 0.1) is 18.1 Å². The first kappa shape index (κ1) is 28.4. The second-order valence-electron chi connectivity index (χ2n) is 13.8. The molecule has 2 aliphatic heterocycles. The largest absolute Gasteiger partial charge is 0.465 e. The van der Waals surface area contributed by atoms with E-state index in [-0.39, 0.29) is 53.7 Å². The van der Waals surface area contributed by atoms with Crippen LogP contribution < -0.4 is 0 Å². The Bertz CT molecular complexity index is 1400. The van der Waals surface area contributed by atoms with Crippen molar-refractivity contribution in [2.75, 3.05) is 19.7 Å². The van der Waals surface area contributed by atoms with Gasteiger partial charge in [0.25, 0.3) is 0 Å². The predicted molar refractivity (Wildman–Crippen MR) is 154 cm³/mol. The number of esters is 1. The maximum Gasteiger partial charge on any atom is 0.319 e. The maximum atomic E-state index is 17.7. The highest BCUT2D eigenvalue weighted by Gasteiger charge is 2.78. The average molecular weight is 598 g/mol. The molecule has 1 aromatic carbocycles. The number of nitrogens with zero attached hydrogens (tertiary/aromatic N) is 1. The molecule has 0 radical (unpaired) electrons. The summed E-state index contributed by atoms with van der Waals surface area (Å²) in [6, 6.07) is 10.0. The zero-order valence-corrected chi connectivity index (χ0v) is 24.7. The molecule has 0 spiro atoms. The molecule has 10 unspecified atom stereocenters. The van der Waals surface area contributed by atoms with Crippen molar-refractivity contribution in [1.29, 1.82) is 0 Å². The second-order valence-corrected chi connectivity index (χ2v) is 14.9. The number of carbonyl (C=O) groups is 3. The van der Waals surface area contributed by atoms with Crippen LogP contribution in [-0.4, -0.2) is 69.8 Å². The third kappa shape index (κ3) is 3.65. The fraction of sp³-hybridized carbons (Fsp3) is 0.606. The number of halogens is 2. The number of allylic oxidation sites excluding steroid dienone is 4. The van der Waals surface area contributed by atoms with Crippen LogP contribution >= 0.6 is 11.8 Å². The summed E-state index contributed by atoms with van der Waals surface area (Å²) in [6.45, 7) is 5.60. The van der Waals surface area contributed by atoms with Crippen LogP contribution in [0.15, 0.2) is 54.1 Å². The summed E-state index contributed by atoms with van der Waals surface area (Å²) >= 11 is 1.04. The van der Waals surface area contributed by atoms with Gasteiger partial charge in [0.15, 0.2) is 16.6 Å². The number of ketones is 1. The Morgan fingerprint density at radius 1 is 1.17 bits per heavy atom. The molecule has 2 saturated heterocycles. The third-order valence-corrected chi connectivity index (χ3v) is 13.3. The molecule has 224 valence electrons. The maximum absolute atomic E-state index is 17.7. The first-order valence-corrected chi connectivity index (χ1v) is 15.9. The molecule has 9 heteroatoms. The van der Waals surface area contributed by atoms with Crippen molar-refractivity contribution in [2.45, 2.75) is 69.3 Å². The van der Waals surface area contributed by atoms with E-state index in [1.807, 2.05) is 25.1 Å². The van der Waals surface area contributed by atoms with E-state index >= 15 is 8.78 Å². The van der Waals surface area contributed by atoms with Gasteiger partial charge in [-0.15, -0.1) is 0 Å². The number of alkyl halides is 2. The Hall–Kier alpha value is -2.36. The number of benzene rings is 1. The molecule has 0 bridgehead atoms. The normalized spacial score (nSPS) is 46.0. The fourth-order valence-electron chi connectivity index (χ4n) is 9.99. The molecule has 42 heavy (non-hydrogen) atoms. The van der Waals surface area contributed by atoms with Crippen molar-refractivity contribution in [3.05, 3.63) is 59.7 Å². The van der Waals surface area contributed by atoms with Crippen LogP contribution in [0, 0.1) is 34.0 Å². The number of hydrogen-bond donors (Lipinski definition) is 1. The van der Waals surface area contributed by atoms with Crippen LogP contribution in [0.25, 0.3) is 0 Å². The number of fused-ring (bicyclic) bond motifs is 7. The van der Waals surface area contributed by atoms with Gasteiger partial charge in [-0.1, -0.05) is 55.1 Å². The number of likely N-dealkylation sites (tertiary alicyclic amines) is 1. The van der Waals surface area contributed by atoms with Crippen molar-refractivity contribution in [3.63, 3.8) is 0 Å². The van der Waals surface area contributed by atoms with E-state index in [1.54, 1.807) is 6.92 Å². The quantitative estimate of drug-likeness (QED) is 0.508. The molecule has 2 heterocycles. The van der Waals surface area contributed by atoms with Gasteiger partial charge in [-0.2, -0.15) is 0 Å². The molecule has 0 aromatic heterocycles. The summed E-state index contributed by atoms with van der Waals surface area (Å²) in [5.74, 6) is -2.07. The molecule has 1 N–H and O–H groups in total. The molecular formula is C33H37F2NO5S. The summed E-state index contributed by atoms with van der Waals surface area (Å²) in [4.78, 5) is 41.4. The minimum absolute atomic E-state index is 0.0450. The minimum atomic E-state index is -2.18. The topological polar surface area (TPSA) is 83.9 Å². The van der Waals surface area contributed by atoms with Crippen molar-refractivity contribution in [3.8, 4) is 0 Å². The fourth-order valence-corrected chi connectivity index (χ4v) is 11.3. The number of cyclic esters (lactones) is 1. The van der Waals surface area contributed by atoms with E-state index in [9.17, 15) is 19.5 Å². The number of carbonyl (C=O) groups excluding carboxylic acids is 3. The average Bonchev–Trinajstić information content (AvgIpc) is 3.59. The Morgan fingerprint density at radius 2 is 1.93 bits per heavy atom. The first-order valence-electron chi connectivity index (χ1n) is 15.0. The second kappa shape index (κ2) is 9.57. The zero-order chi connectivity index (χ0) is 29.7. The molecule has 7 rings (SSSR count). The molecule has 4 aliphatic carbocycles. The van der Waals surface area contributed by atoms with Gasteiger partial charge in [0, 0.05) is 37.4 Å². The summed E-state index contributed by atoms with van der Waals surface area (Å²) in [5, 5.41) is 11.2. The van der Waals surface area contributed by atoms with Crippen molar-refractivity contribution < 1.29 is 33.0 Å². The Morgan fingerprint density at radius 3 is 2.64 bits per heavy atom. The van der Waals surface area contributed by atoms with Gasteiger partial charge < -0.3 is 9.84 Å². The van der Waals surface area contributed by atoms with E-state index in [0.717, 1.165) is 17.3 Å². The van der Waals surface area contributed by atoms with E-state index in [4.69, 9.17) is 4.74 Å². The number of aliphatic hydroxyl groups excluding tert-OH is 1. The van der Waals surface area contributed by atoms with Crippen LogP contribution in [-0.2, 0) is 25.7 Å². The monoisotopic (exact) mass is 597 g/mol. The number of aliphatic hydroxyl groups is 1. The number of hydrogen-bond acceptors (Lipinski definition) is 7. The third-order valence-electron chi connectivity index (χ3n) is 12.0. The molecular weight excluding hydrogens is 560 g/mol. The van der Waals surface area contributed by atoms with Gasteiger partial charge in [-0.05, 0) is 66.7 Å². The van der Waals surface area contributed by atoms with Crippen LogP contribution in [0.4, 0.5) is 8.78 Å². The van der Waals surface area contributed by atoms with Gasteiger partial charge in [-0.25, -0.2) is 8.78 Å². The highest BCUT2D eigenvalue weighted by Crippen LogP contribution is 2.75. The predicted octanol–water partition coefficient (Wildman–Crippen LogP) is 4.61. The molecule has 3 saturated carbocycles. The summed E-state index contributed by atoms with van der Waals surface area (Å²) in [6.07, 6.45) is 1.87. The van der Waals surface area contributed by atoms with E-state index in [0.29, 0.717) is 32.5 Å². The first-order chi connectivity index (χ1) is 19.9. The summed E-state index contributed by atoms with van der Waals surface area (Å²) in [5.41, 5.74) is -4.17. The number of rotatable bonds is 4. The lowest BCUT2D eigenvalue weighted by Gasteiger charge is -2.63. The zero-order valence-electron chi connectivity index (χ0n) is 23.9. The van der Waals surface area contributed by atoms with Crippen molar-refractivity contribution in [1.82, 2.24) is 4.90 Å². The molecule has 10 atom stereocenters. The van der Waals surface area contributed by atoms with Gasteiger partial charge >= 0.3 is 5.97 Å². The molecule has 1 aromatic rings. The van der Waals surface area contributed by atoms with E-state index in [2.05, 4.69) is 17.0 Å². The molecule has 6 nitrogen and oxygen atoms in total. The van der Waals surface area contributed by atoms with Crippen molar-refractivity contribution in [2.24, 2.45) is 34.0 Å². The van der Waals surface area contributed by atoms with Gasteiger partial charge in [-0.3, -0.25) is 19.3 Å². The van der Waals surface area contributed by atoms with E-state index < -0.39 is 45.4 Å². The van der Waals surface area contributed by atoms with Gasteiger partial charge in [0.1, 0.15) is 11.4 Å². The molecule has 0 amide bonds. The van der Waals surface area contributed by atoms with Crippen LogP contribution in [0.3, 0.4) is 0 Å². The Balaban J connectivity index is 1.29. The van der Waals surface area contributed by atoms with Crippen LogP contribution in [0.5, 0.6) is 0 Å². The Kier molecular flexibility index (Phi) is 6.47. The Labute approximate surface area is 248 Å². The minimum Gasteiger partial charge on any atom is -0.465 e. The lowest BCUT2D eigenvalue weighted by molar-refractivity contribution is -0.210. The summed E-state index contributed by atoms with van der Waals surface area (Å²) in [7, 11) is 0. The lowest BCUT2D eigenvalue weighted by atomic mass is 9.43. The number of ether oxygens (including phenoxy) is 1. The highest BCUT2D eigenvalue weighted by molar-refractivity contribution is 8.14. The lowest BCUT2D eigenvalue weighted by Crippen LogP contribution is -2.69. The SMILES string of the molecule is CC12C=CC(=O)C=C1C(F)CC1C3CC4CN(Cc5ccccc5)CC4(C(=O)SC4CCOC4=O)C3(C)CC(O)C12F. The molecule has 6 aliphatic rings.